The van der Waals surface area contributed by atoms with Crippen LogP contribution in [0, 0.1) is 11.3 Å². The van der Waals surface area contributed by atoms with E-state index in [-0.39, 0.29) is 28.7 Å². The molecule has 0 spiro atoms. The summed E-state index contributed by atoms with van der Waals surface area (Å²) in [6.07, 6.45) is 8.87. The van der Waals surface area contributed by atoms with Gasteiger partial charge in [-0.2, -0.15) is 13.2 Å². The molecule has 0 bridgehead atoms. The van der Waals surface area contributed by atoms with Gasteiger partial charge in [0.15, 0.2) is 0 Å². The van der Waals surface area contributed by atoms with Crippen molar-refractivity contribution >= 4 is 39.6 Å². The van der Waals surface area contributed by atoms with Gasteiger partial charge in [-0.05, 0) is 120 Å². The molecule has 0 saturated heterocycles. The number of fused-ring (bicyclic) bond motifs is 3. The zero-order chi connectivity index (χ0) is 34.5. The van der Waals surface area contributed by atoms with Crippen molar-refractivity contribution in [3.05, 3.63) is 145 Å². The molecule has 0 heterocycles. The summed E-state index contributed by atoms with van der Waals surface area (Å²) < 4.78 is 44.9. The van der Waals surface area contributed by atoms with Gasteiger partial charge in [0.25, 0.3) is 0 Å². The molecule has 0 fully saturated rings. The van der Waals surface area contributed by atoms with Gasteiger partial charge in [0.1, 0.15) is 0 Å². The van der Waals surface area contributed by atoms with Crippen LogP contribution in [-0.4, -0.2) is 13.1 Å². The molecule has 6 aliphatic rings. The first-order chi connectivity index (χ1) is 23.9. The van der Waals surface area contributed by atoms with Crippen LogP contribution >= 0.6 is 0 Å². The Balaban J connectivity index is 1.30. The summed E-state index contributed by atoms with van der Waals surface area (Å²) in [5.41, 5.74) is 11.9. The fraction of sp³-hybridized carbons (Fsp3) is 0.304. The molecular formula is C46H40F3N. The molecule has 50 heavy (non-hydrogen) atoms. The highest BCUT2D eigenvalue weighted by atomic mass is 19.4. The Bertz CT molecular complexity index is 2480. The molecule has 4 atom stereocenters. The van der Waals surface area contributed by atoms with Gasteiger partial charge in [-0.25, -0.2) is 0 Å². The Morgan fingerprint density at radius 2 is 1.70 bits per heavy atom. The first-order valence-electron chi connectivity index (χ1n) is 18.0. The van der Waals surface area contributed by atoms with Crippen LogP contribution in [-0.2, 0) is 11.6 Å². The van der Waals surface area contributed by atoms with Gasteiger partial charge in [-0.1, -0.05) is 124 Å². The molecule has 1 nitrogen and oxygen atoms in total. The molecular weight excluding hydrogens is 624 g/mol. The minimum atomic E-state index is -4.47. The number of alkyl halides is 3. The van der Waals surface area contributed by atoms with Crippen LogP contribution in [0.5, 0.6) is 0 Å². The lowest BCUT2D eigenvalue weighted by atomic mass is 9.53. The van der Waals surface area contributed by atoms with E-state index in [1.807, 2.05) is 7.05 Å². The van der Waals surface area contributed by atoms with Gasteiger partial charge in [0, 0.05) is 17.9 Å². The first-order valence-corrected chi connectivity index (χ1v) is 18.0. The Labute approximate surface area is 291 Å². The van der Waals surface area contributed by atoms with Crippen LogP contribution in [0.1, 0.15) is 91.3 Å². The number of likely N-dealkylation sites (N-methyl/N-ethyl adjacent to an activating group) is 1. The van der Waals surface area contributed by atoms with E-state index < -0.39 is 17.7 Å². The molecule has 4 aromatic carbocycles. The Kier molecular flexibility index (Phi) is 6.01. The van der Waals surface area contributed by atoms with Crippen LogP contribution in [0.4, 0.5) is 13.2 Å². The third kappa shape index (κ3) is 3.94. The third-order valence-corrected chi connectivity index (χ3v) is 12.9. The summed E-state index contributed by atoms with van der Waals surface area (Å²) in [5, 5.41) is 8.58. The summed E-state index contributed by atoms with van der Waals surface area (Å²) in [4.78, 5) is 0. The molecule has 0 radical (unpaired) electrons. The van der Waals surface area contributed by atoms with Gasteiger partial charge < -0.3 is 5.32 Å². The molecule has 250 valence electrons. The fourth-order valence-electron chi connectivity index (χ4n) is 10.9. The maximum atomic E-state index is 15.0. The Morgan fingerprint density at radius 1 is 0.880 bits per heavy atom. The molecule has 1 N–H and O–H groups in total. The van der Waals surface area contributed by atoms with Gasteiger partial charge in [-0.3, -0.25) is 0 Å². The SMILES string of the molecule is CNC1C=C2c3c(ccc4c3=C1CC(C)(C)C=4)C1=C(CC3C(=C1)C1C=Cc4cccc5ccc(c1c45)C3(C)C)C2c1ccccc1C(F)(F)F. The lowest BCUT2D eigenvalue weighted by molar-refractivity contribution is -0.138. The second-order valence-corrected chi connectivity index (χ2v) is 16.6. The minimum absolute atomic E-state index is 0.0194. The quantitative estimate of drug-likeness (QED) is 0.225. The van der Waals surface area contributed by atoms with Crippen molar-refractivity contribution in [3.63, 3.8) is 0 Å². The molecule has 6 aliphatic carbocycles. The van der Waals surface area contributed by atoms with Crippen molar-refractivity contribution in [1.82, 2.24) is 5.32 Å². The first kappa shape index (κ1) is 30.4. The standard InChI is InChI=1S/C46H40F3N/c1-44(2)22-26-14-17-27-30-19-31-28-16-13-24-9-8-10-25-15-18-36(43(28)39(24)25)45(3,4)37(31)20-32(30)41(29-11-6-7-12-35(29)46(47,48)49)33-21-38(50-5)34(23-44)40(26)42(27)33/h6-19,21-22,28,37-38,41,50H,20,23H2,1-5H3. The number of nitrogens with one attached hydrogen (secondary N) is 1. The normalized spacial score (nSPS) is 26.0. The number of hydrogen-bond donors (Lipinski definition) is 1. The summed E-state index contributed by atoms with van der Waals surface area (Å²) in [6.45, 7) is 9.26. The molecule has 0 aliphatic heterocycles. The summed E-state index contributed by atoms with van der Waals surface area (Å²) >= 11 is 0. The molecule has 0 amide bonds. The highest BCUT2D eigenvalue weighted by molar-refractivity contribution is 6.01. The Hall–Kier alpha value is -4.41. The average Bonchev–Trinajstić information content (AvgIpc) is 3.08. The number of halogens is 3. The second kappa shape index (κ2) is 9.88. The number of benzene rings is 4. The van der Waals surface area contributed by atoms with Crippen LogP contribution in [0.3, 0.4) is 0 Å². The number of hydrogen-bond acceptors (Lipinski definition) is 1. The van der Waals surface area contributed by atoms with E-state index in [1.165, 1.54) is 66.7 Å². The predicted molar refractivity (Wildman–Crippen MR) is 199 cm³/mol. The van der Waals surface area contributed by atoms with E-state index in [0.717, 1.165) is 28.7 Å². The smallest absolute Gasteiger partial charge is 0.310 e. The maximum absolute atomic E-state index is 15.0. The predicted octanol–water partition coefficient (Wildman–Crippen LogP) is 9.80. The molecule has 4 unspecified atom stereocenters. The van der Waals surface area contributed by atoms with E-state index in [2.05, 4.69) is 106 Å². The van der Waals surface area contributed by atoms with Crippen molar-refractivity contribution < 1.29 is 13.2 Å². The van der Waals surface area contributed by atoms with Crippen molar-refractivity contribution in [3.8, 4) is 0 Å². The fourth-order valence-corrected chi connectivity index (χ4v) is 10.9. The summed E-state index contributed by atoms with van der Waals surface area (Å²) in [5.74, 6) is -0.229. The number of allylic oxidation sites excluding steroid dienone is 6. The van der Waals surface area contributed by atoms with Gasteiger partial charge in [0.05, 0.1) is 5.56 Å². The molecule has 4 aromatic rings. The van der Waals surface area contributed by atoms with Gasteiger partial charge in [-0.15, -0.1) is 0 Å². The lowest BCUT2D eigenvalue weighted by Crippen LogP contribution is -2.47. The van der Waals surface area contributed by atoms with E-state index >= 15 is 0 Å². The van der Waals surface area contributed by atoms with Crippen LogP contribution in [0.25, 0.3) is 39.6 Å². The summed E-state index contributed by atoms with van der Waals surface area (Å²) in [7, 11) is 1.98. The lowest BCUT2D eigenvalue weighted by Gasteiger charge is -2.51. The maximum Gasteiger partial charge on any atom is 0.416 e. The molecule has 0 saturated carbocycles. The highest BCUT2D eigenvalue weighted by Gasteiger charge is 2.50. The van der Waals surface area contributed by atoms with Crippen LogP contribution < -0.4 is 15.8 Å². The Morgan fingerprint density at radius 3 is 2.50 bits per heavy atom. The average molecular weight is 664 g/mol. The molecule has 4 heteroatoms. The van der Waals surface area contributed by atoms with Gasteiger partial charge in [0.2, 0.25) is 0 Å². The number of rotatable bonds is 2. The van der Waals surface area contributed by atoms with E-state index in [1.54, 1.807) is 12.1 Å². The zero-order valence-electron chi connectivity index (χ0n) is 29.1. The van der Waals surface area contributed by atoms with Crippen LogP contribution in [0.2, 0.25) is 0 Å². The van der Waals surface area contributed by atoms with E-state index in [4.69, 9.17) is 0 Å². The molecule has 0 aromatic heterocycles. The van der Waals surface area contributed by atoms with Crippen molar-refractivity contribution in [2.45, 2.75) is 70.0 Å². The topological polar surface area (TPSA) is 12.0 Å². The zero-order valence-corrected chi connectivity index (χ0v) is 29.1. The molecule has 10 rings (SSSR count). The van der Waals surface area contributed by atoms with Crippen molar-refractivity contribution in [1.29, 1.82) is 0 Å². The third-order valence-electron chi connectivity index (χ3n) is 12.9. The van der Waals surface area contributed by atoms with Crippen molar-refractivity contribution in [2.24, 2.45) is 11.3 Å². The second-order valence-electron chi connectivity index (χ2n) is 16.6. The monoisotopic (exact) mass is 663 g/mol. The van der Waals surface area contributed by atoms with Gasteiger partial charge >= 0.3 is 6.18 Å². The van der Waals surface area contributed by atoms with Crippen LogP contribution in [0.15, 0.2) is 96.1 Å². The minimum Gasteiger partial charge on any atom is -0.310 e. The largest absolute Gasteiger partial charge is 0.416 e. The summed E-state index contributed by atoms with van der Waals surface area (Å²) in [6, 6.07) is 22.0. The highest BCUT2D eigenvalue weighted by Crippen LogP contribution is 2.62. The van der Waals surface area contributed by atoms with E-state index in [0.29, 0.717) is 12.0 Å². The van der Waals surface area contributed by atoms with E-state index in [9.17, 15) is 13.2 Å². The van der Waals surface area contributed by atoms with Crippen molar-refractivity contribution in [2.75, 3.05) is 7.05 Å².